The van der Waals surface area contributed by atoms with Gasteiger partial charge in [0.05, 0.1) is 9.79 Å². The average molecular weight is 330 g/mol. The van der Waals surface area contributed by atoms with Crippen LogP contribution in [0.1, 0.15) is 40.9 Å². The fourth-order valence-corrected chi connectivity index (χ4v) is 4.79. The summed E-state index contributed by atoms with van der Waals surface area (Å²) in [6.45, 7) is 3.77. The minimum atomic E-state index is -3.82. The highest BCUT2D eigenvalue weighted by Gasteiger charge is 2.37. The highest BCUT2D eigenvalue weighted by atomic mass is 32.2. The Morgan fingerprint density at radius 2 is 1.57 bits per heavy atom. The van der Waals surface area contributed by atoms with Gasteiger partial charge in [0.1, 0.15) is 0 Å². The van der Waals surface area contributed by atoms with E-state index in [1.807, 2.05) is 13.8 Å². The van der Waals surface area contributed by atoms with Gasteiger partial charge in [0, 0.05) is 22.5 Å². The monoisotopic (exact) mass is 330 g/mol. The minimum Gasteiger partial charge on any atom is -0.399 e. The molecule has 0 fully saturated rings. The lowest BCUT2D eigenvalue weighted by atomic mass is 9.94. The first-order chi connectivity index (χ1) is 10.8. The van der Waals surface area contributed by atoms with E-state index < -0.39 is 9.84 Å². The van der Waals surface area contributed by atoms with Crippen molar-refractivity contribution in [2.45, 2.75) is 36.5 Å². The van der Waals surface area contributed by atoms with Crippen LogP contribution >= 0.6 is 0 Å². The fraction of sp³-hybridized carbons (Fsp3) is 0.235. The van der Waals surface area contributed by atoms with Crippen LogP contribution in [0.15, 0.2) is 34.1 Å². The van der Waals surface area contributed by atoms with Crippen molar-refractivity contribution in [3.63, 3.8) is 0 Å². The second kappa shape index (κ2) is 5.09. The first-order valence-electron chi connectivity index (χ1n) is 7.45. The molecule has 0 bridgehead atoms. The smallest absolute Gasteiger partial charge is 0.208 e. The zero-order valence-electron chi connectivity index (χ0n) is 13.0. The molecule has 0 unspecified atom stereocenters. The van der Waals surface area contributed by atoms with E-state index in [-0.39, 0.29) is 26.7 Å². The summed E-state index contributed by atoms with van der Waals surface area (Å²) in [6, 6.07) is 6.01. The van der Waals surface area contributed by atoms with Gasteiger partial charge in [-0.15, -0.1) is 0 Å². The van der Waals surface area contributed by atoms with E-state index in [1.165, 1.54) is 12.1 Å². The number of sulfone groups is 1. The van der Waals surface area contributed by atoms with E-state index in [0.717, 1.165) is 5.56 Å². The first kappa shape index (κ1) is 15.6. The van der Waals surface area contributed by atoms with Gasteiger partial charge < -0.3 is 11.5 Å². The molecule has 0 amide bonds. The number of carbonyl (C=O) groups is 1. The summed E-state index contributed by atoms with van der Waals surface area (Å²) in [6.07, 6.45) is 1.15. The lowest BCUT2D eigenvalue weighted by Gasteiger charge is -2.23. The second-order valence-corrected chi connectivity index (χ2v) is 7.53. The zero-order chi connectivity index (χ0) is 16.9. The van der Waals surface area contributed by atoms with E-state index >= 15 is 0 Å². The van der Waals surface area contributed by atoms with Gasteiger partial charge in [-0.1, -0.05) is 13.8 Å². The number of hydrogen-bond donors (Lipinski definition) is 2. The Hall–Kier alpha value is -2.34. The number of ketones is 1. The first-order valence-corrected chi connectivity index (χ1v) is 8.94. The number of fused-ring (bicyclic) bond motifs is 2. The third kappa shape index (κ3) is 2.13. The molecule has 0 spiro atoms. The van der Waals surface area contributed by atoms with E-state index in [2.05, 4.69) is 0 Å². The molecule has 3 rings (SSSR count). The Labute approximate surface area is 135 Å². The Morgan fingerprint density at radius 1 is 0.913 bits per heavy atom. The molecule has 1 aliphatic rings. The van der Waals surface area contributed by atoms with E-state index in [1.54, 1.807) is 12.1 Å². The van der Waals surface area contributed by atoms with Gasteiger partial charge in [0.15, 0.2) is 5.78 Å². The standard InChI is InChI=1S/C17H18N2O3S/c1-3-9-6-12-14(8-13(9)19)23(21,22)15-7-11(18)5-10(4-2)16(15)17(12)20/h5-8H,3-4,18-19H2,1-2H3. The van der Waals surface area contributed by atoms with E-state index in [0.29, 0.717) is 29.8 Å². The summed E-state index contributed by atoms with van der Waals surface area (Å²) in [7, 11) is -3.82. The number of benzene rings is 2. The van der Waals surface area contributed by atoms with Crippen LogP contribution in [-0.4, -0.2) is 14.2 Å². The van der Waals surface area contributed by atoms with Crippen LogP contribution in [0.4, 0.5) is 11.4 Å². The van der Waals surface area contributed by atoms with Gasteiger partial charge in [0.25, 0.3) is 0 Å². The average Bonchev–Trinajstić information content (AvgIpc) is 2.51. The van der Waals surface area contributed by atoms with Crippen LogP contribution in [0, 0.1) is 0 Å². The molecule has 0 saturated carbocycles. The number of hydrogen-bond acceptors (Lipinski definition) is 5. The Morgan fingerprint density at radius 3 is 2.17 bits per heavy atom. The molecule has 6 heteroatoms. The van der Waals surface area contributed by atoms with Gasteiger partial charge in [-0.2, -0.15) is 0 Å². The molecule has 23 heavy (non-hydrogen) atoms. The largest absolute Gasteiger partial charge is 0.399 e. The lowest BCUT2D eigenvalue weighted by molar-refractivity contribution is 0.103. The number of rotatable bonds is 2. The third-order valence-electron chi connectivity index (χ3n) is 4.26. The molecule has 120 valence electrons. The summed E-state index contributed by atoms with van der Waals surface area (Å²) < 4.78 is 25.9. The van der Waals surface area contributed by atoms with Crippen molar-refractivity contribution < 1.29 is 13.2 Å². The molecule has 1 aliphatic heterocycles. The van der Waals surface area contributed by atoms with Crippen molar-refractivity contribution in [1.82, 2.24) is 0 Å². The van der Waals surface area contributed by atoms with Gasteiger partial charge in [-0.3, -0.25) is 4.79 Å². The van der Waals surface area contributed by atoms with Crippen LogP contribution in [0.25, 0.3) is 0 Å². The van der Waals surface area contributed by atoms with Gasteiger partial charge in [-0.25, -0.2) is 8.42 Å². The minimum absolute atomic E-state index is 0.0181. The van der Waals surface area contributed by atoms with Crippen LogP contribution in [0.3, 0.4) is 0 Å². The predicted octanol–water partition coefficient (Wildman–Crippen LogP) is 2.35. The lowest BCUT2D eigenvalue weighted by Crippen LogP contribution is -2.23. The Kier molecular flexibility index (Phi) is 3.44. The van der Waals surface area contributed by atoms with Gasteiger partial charge in [-0.05, 0) is 48.2 Å². The summed E-state index contributed by atoms with van der Waals surface area (Å²) >= 11 is 0. The molecule has 2 aromatic rings. The third-order valence-corrected chi connectivity index (χ3v) is 6.08. The van der Waals surface area contributed by atoms with E-state index in [4.69, 9.17) is 11.5 Å². The quantitative estimate of drug-likeness (QED) is 0.702. The maximum Gasteiger partial charge on any atom is 0.208 e. The van der Waals surface area contributed by atoms with Crippen molar-refractivity contribution in [1.29, 1.82) is 0 Å². The molecule has 0 aromatic heterocycles. The summed E-state index contributed by atoms with van der Waals surface area (Å²) in [5.41, 5.74) is 14.3. The molecule has 2 aromatic carbocycles. The van der Waals surface area contributed by atoms with Crippen molar-refractivity contribution in [3.05, 3.63) is 46.5 Å². The molecule has 1 heterocycles. The number of anilines is 2. The predicted molar refractivity (Wildman–Crippen MR) is 89.3 cm³/mol. The van der Waals surface area contributed by atoms with Crippen LogP contribution in [-0.2, 0) is 22.7 Å². The summed E-state index contributed by atoms with van der Waals surface area (Å²) in [4.78, 5) is 12.9. The fourth-order valence-electron chi connectivity index (χ4n) is 3.04. The zero-order valence-corrected chi connectivity index (χ0v) is 13.8. The summed E-state index contributed by atoms with van der Waals surface area (Å²) in [5.74, 6) is -0.281. The highest BCUT2D eigenvalue weighted by molar-refractivity contribution is 7.91. The maximum atomic E-state index is 12.9. The van der Waals surface area contributed by atoms with Gasteiger partial charge >= 0.3 is 0 Å². The van der Waals surface area contributed by atoms with Crippen molar-refractivity contribution in [3.8, 4) is 0 Å². The van der Waals surface area contributed by atoms with Crippen LogP contribution < -0.4 is 11.5 Å². The molecule has 5 nitrogen and oxygen atoms in total. The Balaban J connectivity index is 2.43. The maximum absolute atomic E-state index is 12.9. The molecular weight excluding hydrogens is 312 g/mol. The number of carbonyl (C=O) groups excluding carboxylic acids is 1. The summed E-state index contributed by atoms with van der Waals surface area (Å²) in [5, 5.41) is 0. The topological polar surface area (TPSA) is 103 Å². The van der Waals surface area contributed by atoms with Crippen molar-refractivity contribution >= 4 is 27.0 Å². The molecule has 4 N–H and O–H groups in total. The number of nitrogens with two attached hydrogens (primary N) is 2. The normalized spacial score (nSPS) is 15.1. The highest BCUT2D eigenvalue weighted by Crippen LogP contribution is 2.39. The SMILES string of the molecule is CCc1cc2c(cc1N)S(=O)(=O)c1cc(N)cc(CC)c1C2=O. The second-order valence-electron chi connectivity index (χ2n) is 5.64. The van der Waals surface area contributed by atoms with Crippen molar-refractivity contribution in [2.24, 2.45) is 0 Å². The Bertz CT molecular complexity index is 947. The number of nitrogen functional groups attached to an aromatic ring is 2. The van der Waals surface area contributed by atoms with Crippen molar-refractivity contribution in [2.75, 3.05) is 11.5 Å². The van der Waals surface area contributed by atoms with Crippen LogP contribution in [0.5, 0.6) is 0 Å². The molecular formula is C17H18N2O3S. The number of aryl methyl sites for hydroxylation is 2. The molecule has 0 saturated heterocycles. The molecule has 0 atom stereocenters. The van der Waals surface area contributed by atoms with Crippen LogP contribution in [0.2, 0.25) is 0 Å². The van der Waals surface area contributed by atoms with E-state index in [9.17, 15) is 13.2 Å². The molecule has 0 aliphatic carbocycles. The van der Waals surface area contributed by atoms with Gasteiger partial charge in [0.2, 0.25) is 9.84 Å². The molecule has 0 radical (unpaired) electrons.